The third-order valence-corrected chi connectivity index (χ3v) is 4.33. The normalized spacial score (nSPS) is 24.0. The van der Waals surface area contributed by atoms with E-state index in [-0.39, 0.29) is 5.82 Å². The van der Waals surface area contributed by atoms with E-state index >= 15 is 0 Å². The minimum absolute atomic E-state index is 0.250. The van der Waals surface area contributed by atoms with Crippen LogP contribution in [0.25, 0.3) is 0 Å². The molecule has 0 bridgehead atoms. The third kappa shape index (κ3) is 3.62. The van der Waals surface area contributed by atoms with Gasteiger partial charge in [-0.2, -0.15) is 0 Å². The van der Waals surface area contributed by atoms with Crippen LogP contribution in [0.3, 0.4) is 0 Å². The van der Waals surface area contributed by atoms with Crippen molar-refractivity contribution in [1.82, 2.24) is 0 Å². The van der Waals surface area contributed by atoms with Gasteiger partial charge in [-0.05, 0) is 36.8 Å². The smallest absolute Gasteiger partial charge is 0.128 e. The molecule has 2 rings (SSSR count). The van der Waals surface area contributed by atoms with E-state index in [9.17, 15) is 4.39 Å². The Hall–Kier alpha value is -1.42. The van der Waals surface area contributed by atoms with Crippen LogP contribution in [-0.4, -0.2) is 19.0 Å². The molecule has 4 heteroatoms. The van der Waals surface area contributed by atoms with Crippen molar-refractivity contribution in [3.63, 3.8) is 0 Å². The van der Waals surface area contributed by atoms with Crippen molar-refractivity contribution in [1.29, 1.82) is 0 Å². The summed E-state index contributed by atoms with van der Waals surface area (Å²) in [5, 5.41) is 0. The number of halogens is 1. The summed E-state index contributed by atoms with van der Waals surface area (Å²) in [6.45, 7) is 9.17. The summed E-state index contributed by atoms with van der Waals surface area (Å²) in [5.74, 6) is 1.32. The number of hydrogen-bond acceptors (Lipinski definition) is 3. The number of hydrogen-bond donors (Lipinski definition) is 1. The van der Waals surface area contributed by atoms with Gasteiger partial charge < -0.3 is 10.5 Å². The van der Waals surface area contributed by atoms with E-state index in [1.54, 1.807) is 0 Å². The molecule has 0 spiro atoms. The first-order valence-corrected chi connectivity index (χ1v) is 7.52. The number of amidine groups is 1. The number of aliphatic imine (C=N–C) groups is 1. The van der Waals surface area contributed by atoms with Crippen molar-refractivity contribution in [2.24, 2.45) is 22.6 Å². The number of rotatable bonds is 4. The highest BCUT2D eigenvalue weighted by atomic mass is 19.1. The van der Waals surface area contributed by atoms with Crippen molar-refractivity contribution in [3.05, 3.63) is 35.1 Å². The van der Waals surface area contributed by atoms with Crippen molar-refractivity contribution in [2.75, 3.05) is 13.2 Å². The van der Waals surface area contributed by atoms with Gasteiger partial charge in [-0.15, -0.1) is 0 Å². The Morgan fingerprint density at radius 1 is 1.38 bits per heavy atom. The number of ether oxygens (including phenoxy) is 1. The van der Waals surface area contributed by atoms with Crippen molar-refractivity contribution in [2.45, 2.75) is 39.7 Å². The van der Waals surface area contributed by atoms with Gasteiger partial charge in [-0.3, -0.25) is 4.99 Å². The molecule has 0 amide bonds. The van der Waals surface area contributed by atoms with E-state index in [4.69, 9.17) is 10.5 Å². The quantitative estimate of drug-likeness (QED) is 0.926. The Kier molecular flexibility index (Phi) is 4.67. The second-order valence-corrected chi connectivity index (χ2v) is 6.61. The van der Waals surface area contributed by atoms with Crippen LogP contribution in [0, 0.1) is 17.7 Å². The average molecular weight is 292 g/mol. The Balaban J connectivity index is 2.33. The summed E-state index contributed by atoms with van der Waals surface area (Å²) >= 11 is 0. The van der Waals surface area contributed by atoms with Crippen LogP contribution in [0.5, 0.6) is 0 Å². The lowest BCUT2D eigenvalue weighted by atomic mass is 9.87. The van der Waals surface area contributed by atoms with E-state index in [0.717, 1.165) is 12.0 Å². The summed E-state index contributed by atoms with van der Waals surface area (Å²) in [4.78, 5) is 4.43. The molecule has 1 heterocycles. The molecule has 0 saturated carbocycles. The molecule has 1 aromatic rings. The van der Waals surface area contributed by atoms with E-state index in [1.165, 1.54) is 6.07 Å². The van der Waals surface area contributed by atoms with Gasteiger partial charge in [0.2, 0.25) is 0 Å². The van der Waals surface area contributed by atoms with Gasteiger partial charge in [-0.25, -0.2) is 4.39 Å². The van der Waals surface area contributed by atoms with Crippen LogP contribution in [0.15, 0.2) is 23.2 Å². The number of nitrogens with zero attached hydrogens (tertiary/aromatic N) is 1. The molecular weight excluding hydrogens is 267 g/mol. The molecule has 0 aromatic heterocycles. The molecule has 0 saturated heterocycles. The Morgan fingerprint density at radius 2 is 2.10 bits per heavy atom. The molecule has 0 fully saturated rings. The molecule has 1 aliphatic heterocycles. The fraction of sp³-hybridized carbons (Fsp3) is 0.588. The maximum atomic E-state index is 14.3. The zero-order chi connectivity index (χ0) is 15.6. The van der Waals surface area contributed by atoms with Gasteiger partial charge in [0.05, 0.1) is 6.61 Å². The van der Waals surface area contributed by atoms with E-state index in [2.05, 4.69) is 25.8 Å². The third-order valence-electron chi connectivity index (χ3n) is 4.33. The van der Waals surface area contributed by atoms with Gasteiger partial charge in [0.25, 0.3) is 0 Å². The summed E-state index contributed by atoms with van der Waals surface area (Å²) in [6, 6.07) is 5.31. The minimum atomic E-state index is -0.733. The van der Waals surface area contributed by atoms with Gasteiger partial charge in [-0.1, -0.05) is 32.9 Å². The van der Waals surface area contributed by atoms with E-state index < -0.39 is 5.54 Å². The van der Waals surface area contributed by atoms with Crippen LogP contribution in [0.4, 0.5) is 4.39 Å². The second kappa shape index (κ2) is 6.14. The maximum absolute atomic E-state index is 14.3. The predicted octanol–water partition coefficient (Wildman–Crippen LogP) is 3.26. The van der Waals surface area contributed by atoms with Crippen LogP contribution in [-0.2, 0) is 16.7 Å². The van der Waals surface area contributed by atoms with Gasteiger partial charge in [0.1, 0.15) is 23.8 Å². The predicted molar refractivity (Wildman–Crippen MR) is 83.9 cm³/mol. The molecule has 1 aliphatic rings. The Bertz CT molecular complexity index is 542. The SMILES string of the molecule is CC(C)C(C)Cc1ccc(F)c([C@]2(C)COCC(N)=N2)c1. The lowest BCUT2D eigenvalue weighted by Gasteiger charge is -2.31. The molecule has 21 heavy (non-hydrogen) atoms. The molecule has 0 radical (unpaired) electrons. The van der Waals surface area contributed by atoms with Crippen molar-refractivity contribution < 1.29 is 9.13 Å². The van der Waals surface area contributed by atoms with Crippen molar-refractivity contribution in [3.8, 4) is 0 Å². The topological polar surface area (TPSA) is 47.6 Å². The fourth-order valence-corrected chi connectivity index (χ4v) is 2.59. The lowest BCUT2D eigenvalue weighted by Crippen LogP contribution is -2.38. The van der Waals surface area contributed by atoms with Gasteiger partial charge in [0, 0.05) is 5.56 Å². The summed E-state index contributed by atoms with van der Waals surface area (Å²) < 4.78 is 19.7. The lowest BCUT2D eigenvalue weighted by molar-refractivity contribution is 0.104. The zero-order valence-electron chi connectivity index (χ0n) is 13.3. The average Bonchev–Trinajstić information content (AvgIpc) is 2.40. The van der Waals surface area contributed by atoms with Gasteiger partial charge in [0.15, 0.2) is 0 Å². The first-order chi connectivity index (χ1) is 9.82. The molecule has 3 nitrogen and oxygen atoms in total. The number of nitrogens with two attached hydrogens (primary N) is 1. The molecule has 2 N–H and O–H groups in total. The zero-order valence-corrected chi connectivity index (χ0v) is 13.3. The molecular formula is C17H25FN2O. The second-order valence-electron chi connectivity index (χ2n) is 6.61. The maximum Gasteiger partial charge on any atom is 0.128 e. The first kappa shape index (κ1) is 16.0. The molecule has 1 aromatic carbocycles. The summed E-state index contributed by atoms with van der Waals surface area (Å²) in [7, 11) is 0. The van der Waals surface area contributed by atoms with Crippen LogP contribution in [0.1, 0.15) is 38.8 Å². The minimum Gasteiger partial charge on any atom is -0.386 e. The van der Waals surface area contributed by atoms with Crippen LogP contribution in [0.2, 0.25) is 0 Å². The van der Waals surface area contributed by atoms with Crippen molar-refractivity contribution >= 4 is 5.84 Å². The largest absolute Gasteiger partial charge is 0.386 e. The first-order valence-electron chi connectivity index (χ1n) is 7.52. The van der Waals surface area contributed by atoms with E-state index in [1.807, 2.05) is 19.1 Å². The van der Waals surface area contributed by atoms with Gasteiger partial charge >= 0.3 is 0 Å². The Morgan fingerprint density at radius 3 is 2.71 bits per heavy atom. The summed E-state index contributed by atoms with van der Waals surface area (Å²) in [5.41, 5.74) is 6.73. The summed E-state index contributed by atoms with van der Waals surface area (Å²) in [6.07, 6.45) is 0.932. The fourth-order valence-electron chi connectivity index (χ4n) is 2.59. The van der Waals surface area contributed by atoms with Crippen LogP contribution >= 0.6 is 0 Å². The highest BCUT2D eigenvalue weighted by Crippen LogP contribution is 2.31. The molecule has 2 atom stereocenters. The molecule has 1 unspecified atom stereocenters. The highest BCUT2D eigenvalue weighted by Gasteiger charge is 2.32. The standard InChI is InChI=1S/C17H25FN2O/c1-11(2)12(3)7-13-5-6-15(18)14(8-13)17(4)10-21-9-16(19)20-17/h5-6,8,11-12H,7,9-10H2,1-4H3,(H2,19,20)/t12?,17-/m0/s1. The Labute approximate surface area is 126 Å². The monoisotopic (exact) mass is 292 g/mol. The van der Waals surface area contributed by atoms with Crippen LogP contribution < -0.4 is 5.73 Å². The molecule has 116 valence electrons. The highest BCUT2D eigenvalue weighted by molar-refractivity contribution is 5.82. The number of benzene rings is 1. The van der Waals surface area contributed by atoms with E-state index in [0.29, 0.717) is 36.4 Å². The molecule has 0 aliphatic carbocycles.